The van der Waals surface area contributed by atoms with Crippen molar-refractivity contribution in [3.8, 4) is 0 Å². The van der Waals surface area contributed by atoms with Crippen LogP contribution in [-0.4, -0.2) is 22.8 Å². The molecular weight excluding hydrogens is 302 g/mol. The van der Waals surface area contributed by atoms with Gasteiger partial charge in [0.2, 0.25) is 5.91 Å². The van der Waals surface area contributed by atoms with E-state index in [1.54, 1.807) is 12.3 Å². The van der Waals surface area contributed by atoms with Gasteiger partial charge in [-0.1, -0.05) is 36.4 Å². The normalized spacial score (nSPS) is 16.3. The highest BCUT2D eigenvalue weighted by molar-refractivity contribution is 6.06. The molecule has 0 aliphatic carbocycles. The lowest BCUT2D eigenvalue weighted by Gasteiger charge is -2.24. The summed E-state index contributed by atoms with van der Waals surface area (Å²) in [5.41, 5.74) is 2.90. The minimum absolute atomic E-state index is 0.215. The van der Waals surface area contributed by atoms with Gasteiger partial charge in [-0.05, 0) is 23.8 Å². The van der Waals surface area contributed by atoms with Crippen LogP contribution in [0.1, 0.15) is 15.9 Å². The maximum atomic E-state index is 12.6. The number of nitrogens with zero attached hydrogens (tertiary/aromatic N) is 1. The van der Waals surface area contributed by atoms with Crippen LogP contribution in [0.3, 0.4) is 0 Å². The number of carbonyl (C=O) groups excluding carboxylic acids is 2. The van der Waals surface area contributed by atoms with Crippen molar-refractivity contribution in [3.05, 3.63) is 71.9 Å². The summed E-state index contributed by atoms with van der Waals surface area (Å²) in [6.45, 7) is 0. The number of carbonyl (C=O) groups is 2. The Balaban J connectivity index is 1.60. The SMILES string of the molecule is O=C1NC(C(=O)Nc2cccc3cccnc23)Cc2ccccc21. The first kappa shape index (κ1) is 14.4. The van der Waals surface area contributed by atoms with E-state index >= 15 is 0 Å². The fourth-order valence-corrected chi connectivity index (χ4v) is 3.01. The third kappa shape index (κ3) is 2.50. The lowest BCUT2D eigenvalue weighted by Crippen LogP contribution is -2.48. The van der Waals surface area contributed by atoms with Crippen molar-refractivity contribution in [3.63, 3.8) is 0 Å². The van der Waals surface area contributed by atoms with Crippen LogP contribution >= 0.6 is 0 Å². The number of rotatable bonds is 2. The molecule has 3 aromatic rings. The van der Waals surface area contributed by atoms with Crippen molar-refractivity contribution < 1.29 is 9.59 Å². The smallest absolute Gasteiger partial charge is 0.252 e. The van der Waals surface area contributed by atoms with E-state index in [1.807, 2.05) is 48.5 Å². The number of aromatic nitrogens is 1. The van der Waals surface area contributed by atoms with Crippen LogP contribution in [-0.2, 0) is 11.2 Å². The highest BCUT2D eigenvalue weighted by Crippen LogP contribution is 2.22. The summed E-state index contributed by atoms with van der Waals surface area (Å²) in [5, 5.41) is 6.61. The van der Waals surface area contributed by atoms with E-state index in [9.17, 15) is 9.59 Å². The van der Waals surface area contributed by atoms with Crippen LogP contribution in [0.2, 0.25) is 0 Å². The van der Waals surface area contributed by atoms with Crippen LogP contribution in [0, 0.1) is 0 Å². The lowest BCUT2D eigenvalue weighted by atomic mass is 9.95. The largest absolute Gasteiger partial charge is 0.340 e. The van der Waals surface area contributed by atoms with Gasteiger partial charge in [0.25, 0.3) is 5.91 Å². The lowest BCUT2D eigenvalue weighted by molar-refractivity contribution is -0.118. The molecule has 4 rings (SSSR count). The van der Waals surface area contributed by atoms with Gasteiger partial charge in [0.15, 0.2) is 0 Å². The Bertz CT molecular complexity index is 947. The number of hydrogen-bond donors (Lipinski definition) is 2. The Kier molecular flexibility index (Phi) is 3.46. The van der Waals surface area contributed by atoms with Crippen LogP contribution in [0.5, 0.6) is 0 Å². The first-order chi connectivity index (χ1) is 11.7. The molecule has 1 aliphatic rings. The Labute approximate surface area is 138 Å². The van der Waals surface area contributed by atoms with Crippen LogP contribution in [0.15, 0.2) is 60.8 Å². The molecule has 2 aromatic carbocycles. The van der Waals surface area contributed by atoms with Crippen molar-refractivity contribution in [2.75, 3.05) is 5.32 Å². The minimum Gasteiger partial charge on any atom is -0.340 e. The summed E-state index contributed by atoms with van der Waals surface area (Å²) in [5.74, 6) is -0.455. The summed E-state index contributed by atoms with van der Waals surface area (Å²) in [6, 6.07) is 16.2. The standard InChI is InChI=1S/C19H15N3O2/c23-18-14-8-2-1-5-13(14)11-16(22-18)19(24)21-15-9-3-6-12-7-4-10-20-17(12)15/h1-10,16H,11H2,(H,21,24)(H,22,23). The quantitative estimate of drug-likeness (QED) is 0.763. The molecule has 0 bridgehead atoms. The molecule has 0 spiro atoms. The molecule has 0 saturated carbocycles. The third-order valence-corrected chi connectivity index (χ3v) is 4.20. The maximum absolute atomic E-state index is 12.6. The van der Waals surface area contributed by atoms with Crippen LogP contribution in [0.25, 0.3) is 10.9 Å². The number of anilines is 1. The molecule has 0 fully saturated rings. The summed E-state index contributed by atoms with van der Waals surface area (Å²) >= 11 is 0. The minimum atomic E-state index is -0.591. The molecule has 0 radical (unpaired) electrons. The summed E-state index contributed by atoms with van der Waals surface area (Å²) < 4.78 is 0. The Morgan fingerprint density at radius 1 is 1.08 bits per heavy atom. The van der Waals surface area contributed by atoms with Crippen molar-refractivity contribution in [2.24, 2.45) is 0 Å². The number of nitrogens with one attached hydrogen (secondary N) is 2. The van der Waals surface area contributed by atoms with Crippen LogP contribution in [0.4, 0.5) is 5.69 Å². The van der Waals surface area contributed by atoms with E-state index in [1.165, 1.54) is 0 Å². The van der Waals surface area contributed by atoms with Gasteiger partial charge in [0.1, 0.15) is 6.04 Å². The van der Waals surface area contributed by atoms with E-state index in [0.717, 1.165) is 16.5 Å². The Morgan fingerprint density at radius 2 is 1.92 bits per heavy atom. The van der Waals surface area contributed by atoms with Gasteiger partial charge in [0, 0.05) is 23.6 Å². The second-order valence-electron chi connectivity index (χ2n) is 5.76. The fraction of sp³-hybridized carbons (Fsp3) is 0.105. The monoisotopic (exact) mass is 317 g/mol. The fourth-order valence-electron chi connectivity index (χ4n) is 3.01. The number of fused-ring (bicyclic) bond motifs is 2. The molecular formula is C19H15N3O2. The highest BCUT2D eigenvalue weighted by atomic mass is 16.2. The van der Waals surface area contributed by atoms with Gasteiger partial charge < -0.3 is 10.6 Å². The van der Waals surface area contributed by atoms with Gasteiger partial charge in [0.05, 0.1) is 11.2 Å². The van der Waals surface area contributed by atoms with E-state index < -0.39 is 6.04 Å². The molecule has 2 N–H and O–H groups in total. The molecule has 0 saturated heterocycles. The second-order valence-corrected chi connectivity index (χ2v) is 5.76. The molecule has 118 valence electrons. The molecule has 1 aromatic heterocycles. The summed E-state index contributed by atoms with van der Waals surface area (Å²) in [6.07, 6.45) is 2.17. The van der Waals surface area contributed by atoms with Gasteiger partial charge in [-0.25, -0.2) is 0 Å². The Hall–Kier alpha value is -3.21. The van der Waals surface area contributed by atoms with Crippen molar-refractivity contribution in [1.29, 1.82) is 0 Å². The van der Waals surface area contributed by atoms with Gasteiger partial charge in [-0.3, -0.25) is 14.6 Å². The topological polar surface area (TPSA) is 71.1 Å². The molecule has 1 unspecified atom stereocenters. The third-order valence-electron chi connectivity index (χ3n) is 4.20. The zero-order valence-electron chi connectivity index (χ0n) is 12.8. The van der Waals surface area contributed by atoms with E-state index in [2.05, 4.69) is 15.6 Å². The van der Waals surface area contributed by atoms with E-state index in [4.69, 9.17) is 0 Å². The maximum Gasteiger partial charge on any atom is 0.252 e. The molecule has 5 heteroatoms. The zero-order valence-corrected chi connectivity index (χ0v) is 12.8. The molecule has 1 aliphatic heterocycles. The van der Waals surface area contributed by atoms with Gasteiger partial charge in [-0.2, -0.15) is 0 Å². The number of pyridine rings is 1. The molecule has 2 amide bonds. The zero-order chi connectivity index (χ0) is 16.5. The molecule has 2 heterocycles. The first-order valence-electron chi connectivity index (χ1n) is 7.76. The van der Waals surface area contributed by atoms with E-state index in [-0.39, 0.29) is 11.8 Å². The summed E-state index contributed by atoms with van der Waals surface area (Å²) in [4.78, 5) is 29.1. The van der Waals surface area contributed by atoms with Crippen molar-refractivity contribution in [2.45, 2.75) is 12.5 Å². The summed E-state index contributed by atoms with van der Waals surface area (Å²) in [7, 11) is 0. The van der Waals surface area contributed by atoms with Crippen molar-refractivity contribution in [1.82, 2.24) is 10.3 Å². The Morgan fingerprint density at radius 3 is 2.83 bits per heavy atom. The predicted molar refractivity (Wildman–Crippen MR) is 91.8 cm³/mol. The average molecular weight is 317 g/mol. The van der Waals surface area contributed by atoms with Crippen molar-refractivity contribution >= 4 is 28.4 Å². The first-order valence-corrected chi connectivity index (χ1v) is 7.76. The van der Waals surface area contributed by atoms with Crippen LogP contribution < -0.4 is 10.6 Å². The predicted octanol–water partition coefficient (Wildman–Crippen LogP) is 2.53. The average Bonchev–Trinajstić information content (AvgIpc) is 2.62. The van der Waals surface area contributed by atoms with Gasteiger partial charge in [-0.15, -0.1) is 0 Å². The number of amides is 2. The second kappa shape index (κ2) is 5.77. The number of benzene rings is 2. The number of hydrogen-bond acceptors (Lipinski definition) is 3. The van der Waals surface area contributed by atoms with E-state index in [0.29, 0.717) is 17.7 Å². The number of para-hydroxylation sites is 1. The molecule has 5 nitrogen and oxygen atoms in total. The van der Waals surface area contributed by atoms with Gasteiger partial charge >= 0.3 is 0 Å². The molecule has 1 atom stereocenters. The highest BCUT2D eigenvalue weighted by Gasteiger charge is 2.28. The molecule has 24 heavy (non-hydrogen) atoms.